The zero-order chi connectivity index (χ0) is 19.9. The van der Waals surface area contributed by atoms with Crippen molar-refractivity contribution >= 4 is 17.4 Å². The van der Waals surface area contributed by atoms with E-state index in [1.54, 1.807) is 6.33 Å². The van der Waals surface area contributed by atoms with Gasteiger partial charge in [-0.3, -0.25) is 9.69 Å². The summed E-state index contributed by atoms with van der Waals surface area (Å²) in [6.45, 7) is 9.41. The van der Waals surface area contributed by atoms with Gasteiger partial charge < -0.3 is 19.9 Å². The molecular weight excluding hydrogens is 368 g/mol. The Morgan fingerprint density at radius 3 is 2.59 bits per heavy atom. The summed E-state index contributed by atoms with van der Waals surface area (Å²) in [7, 11) is 0. The number of amides is 1. The number of nitrogens with zero attached hydrogens (tertiary/aromatic N) is 5. The molecule has 1 aromatic rings. The molecule has 0 spiro atoms. The molecule has 0 bridgehead atoms. The summed E-state index contributed by atoms with van der Waals surface area (Å²) in [5.74, 6) is 1.40. The van der Waals surface area contributed by atoms with Crippen LogP contribution in [0.15, 0.2) is 12.5 Å². The Kier molecular flexibility index (Phi) is 7.16. The second kappa shape index (κ2) is 10.2. The number of ether oxygens (including phenoxy) is 1. The minimum Gasteiger partial charge on any atom is -0.379 e. The normalized spacial score (nSPS) is 21.5. The van der Waals surface area contributed by atoms with E-state index in [2.05, 4.69) is 30.0 Å². The van der Waals surface area contributed by atoms with Crippen LogP contribution < -0.4 is 15.1 Å². The average Bonchev–Trinajstić information content (AvgIpc) is 3.32. The molecule has 1 N–H and O–H groups in total. The van der Waals surface area contributed by atoms with E-state index in [9.17, 15) is 4.79 Å². The number of carbonyl (C=O) groups is 1. The lowest BCUT2D eigenvalue weighted by molar-refractivity contribution is -0.125. The van der Waals surface area contributed by atoms with Crippen molar-refractivity contribution in [3.63, 3.8) is 0 Å². The fraction of sp³-hybridized carbons (Fsp3) is 0.762. The highest BCUT2D eigenvalue weighted by molar-refractivity contribution is 5.79. The average molecular weight is 403 g/mol. The first-order chi connectivity index (χ1) is 14.3. The van der Waals surface area contributed by atoms with Gasteiger partial charge in [0.15, 0.2) is 5.82 Å². The first-order valence-corrected chi connectivity index (χ1v) is 11.2. The second-order valence-corrected chi connectivity index (χ2v) is 8.29. The third-order valence-corrected chi connectivity index (χ3v) is 6.34. The molecule has 4 heterocycles. The van der Waals surface area contributed by atoms with Gasteiger partial charge in [-0.2, -0.15) is 0 Å². The van der Waals surface area contributed by atoms with Crippen molar-refractivity contribution in [1.29, 1.82) is 0 Å². The van der Waals surface area contributed by atoms with E-state index in [0.717, 1.165) is 96.3 Å². The van der Waals surface area contributed by atoms with Gasteiger partial charge in [-0.05, 0) is 38.6 Å². The summed E-state index contributed by atoms with van der Waals surface area (Å²) in [6.07, 6.45) is 8.84. The molecule has 4 rings (SSSR count). The topological polar surface area (TPSA) is 73.8 Å². The molecule has 0 aromatic carbocycles. The van der Waals surface area contributed by atoms with Gasteiger partial charge in [-0.25, -0.2) is 9.97 Å². The molecule has 1 aromatic heterocycles. The zero-order valence-corrected chi connectivity index (χ0v) is 17.4. The van der Waals surface area contributed by atoms with Gasteiger partial charge in [0.2, 0.25) is 5.91 Å². The first-order valence-electron chi connectivity index (χ1n) is 11.2. The summed E-state index contributed by atoms with van der Waals surface area (Å²) < 4.78 is 5.37. The number of hydrogen-bond donors (Lipinski definition) is 1. The van der Waals surface area contributed by atoms with Gasteiger partial charge >= 0.3 is 0 Å². The Hall–Kier alpha value is -1.93. The lowest BCUT2D eigenvalue weighted by atomic mass is 9.95. The quantitative estimate of drug-likeness (QED) is 0.686. The minimum absolute atomic E-state index is 0.120. The molecule has 0 unspecified atom stereocenters. The highest BCUT2D eigenvalue weighted by atomic mass is 16.5. The first kappa shape index (κ1) is 20.3. The van der Waals surface area contributed by atoms with Crippen LogP contribution in [0.4, 0.5) is 11.5 Å². The van der Waals surface area contributed by atoms with Gasteiger partial charge in [-0.15, -0.1) is 0 Å². The molecule has 0 atom stereocenters. The monoisotopic (exact) mass is 402 g/mol. The zero-order valence-electron chi connectivity index (χ0n) is 17.4. The maximum absolute atomic E-state index is 12.6. The van der Waals surface area contributed by atoms with Crippen LogP contribution in [0, 0.1) is 5.92 Å². The van der Waals surface area contributed by atoms with Crippen molar-refractivity contribution in [2.75, 3.05) is 75.4 Å². The van der Waals surface area contributed by atoms with Crippen molar-refractivity contribution in [1.82, 2.24) is 20.2 Å². The van der Waals surface area contributed by atoms with Gasteiger partial charge in [-0.1, -0.05) is 0 Å². The Morgan fingerprint density at radius 2 is 1.83 bits per heavy atom. The number of anilines is 2. The SMILES string of the molecule is O=C(NCCCN1CCOCC1)C1CCN(c2cncnc2N2CCCC2)CC1. The number of rotatable bonds is 7. The Bertz CT molecular complexity index is 652. The van der Waals surface area contributed by atoms with Crippen LogP contribution in [-0.4, -0.2) is 86.3 Å². The second-order valence-electron chi connectivity index (χ2n) is 8.29. The largest absolute Gasteiger partial charge is 0.379 e. The van der Waals surface area contributed by atoms with Crippen LogP contribution in [0.25, 0.3) is 0 Å². The van der Waals surface area contributed by atoms with E-state index in [4.69, 9.17) is 4.74 Å². The number of piperidine rings is 1. The van der Waals surface area contributed by atoms with E-state index >= 15 is 0 Å². The smallest absolute Gasteiger partial charge is 0.223 e. The molecule has 8 nitrogen and oxygen atoms in total. The highest BCUT2D eigenvalue weighted by Crippen LogP contribution is 2.31. The van der Waals surface area contributed by atoms with Crippen LogP contribution in [0.2, 0.25) is 0 Å². The molecule has 3 aliphatic rings. The third-order valence-electron chi connectivity index (χ3n) is 6.34. The summed E-state index contributed by atoms with van der Waals surface area (Å²) in [6, 6.07) is 0. The third kappa shape index (κ3) is 5.36. The molecule has 0 saturated carbocycles. The van der Waals surface area contributed by atoms with Crippen LogP contribution in [0.1, 0.15) is 32.1 Å². The number of morpholine rings is 1. The summed E-state index contributed by atoms with van der Waals surface area (Å²) in [5, 5.41) is 3.15. The minimum atomic E-state index is 0.120. The Morgan fingerprint density at radius 1 is 1.07 bits per heavy atom. The molecule has 0 aliphatic carbocycles. The molecular formula is C21H34N6O2. The van der Waals surface area contributed by atoms with E-state index in [1.165, 1.54) is 12.8 Å². The van der Waals surface area contributed by atoms with Crippen molar-refractivity contribution in [2.45, 2.75) is 32.1 Å². The van der Waals surface area contributed by atoms with Gasteiger partial charge in [0, 0.05) is 51.7 Å². The predicted molar refractivity (Wildman–Crippen MR) is 113 cm³/mol. The van der Waals surface area contributed by atoms with E-state index < -0.39 is 0 Å². The maximum Gasteiger partial charge on any atom is 0.223 e. The molecule has 3 fully saturated rings. The molecule has 8 heteroatoms. The standard InChI is InChI=1S/C21H34N6O2/c28-21(23-6-3-7-25-12-14-29-15-13-25)18-4-10-26(11-5-18)19-16-22-17-24-20(19)27-8-1-2-9-27/h16-18H,1-15H2,(H,23,28). The van der Waals surface area contributed by atoms with Crippen LogP contribution in [0.5, 0.6) is 0 Å². The van der Waals surface area contributed by atoms with Gasteiger partial charge in [0.25, 0.3) is 0 Å². The fourth-order valence-corrected chi connectivity index (χ4v) is 4.58. The lowest BCUT2D eigenvalue weighted by Crippen LogP contribution is -2.42. The van der Waals surface area contributed by atoms with Crippen molar-refractivity contribution < 1.29 is 9.53 Å². The molecule has 29 heavy (non-hydrogen) atoms. The van der Waals surface area contributed by atoms with Crippen LogP contribution in [-0.2, 0) is 9.53 Å². The fourth-order valence-electron chi connectivity index (χ4n) is 4.58. The van der Waals surface area contributed by atoms with Crippen molar-refractivity contribution in [3.8, 4) is 0 Å². The molecule has 160 valence electrons. The van der Waals surface area contributed by atoms with Crippen LogP contribution >= 0.6 is 0 Å². The highest BCUT2D eigenvalue weighted by Gasteiger charge is 2.28. The van der Waals surface area contributed by atoms with Crippen LogP contribution in [0.3, 0.4) is 0 Å². The number of aromatic nitrogens is 2. The summed E-state index contributed by atoms with van der Waals surface area (Å²) in [5.41, 5.74) is 1.12. The maximum atomic E-state index is 12.6. The van der Waals surface area contributed by atoms with Gasteiger partial charge in [0.1, 0.15) is 6.33 Å². The predicted octanol–water partition coefficient (Wildman–Crippen LogP) is 1.13. The van der Waals surface area contributed by atoms with Gasteiger partial charge in [0.05, 0.1) is 25.1 Å². The molecule has 3 aliphatic heterocycles. The van der Waals surface area contributed by atoms with Crippen molar-refractivity contribution in [2.24, 2.45) is 5.92 Å². The summed E-state index contributed by atoms with van der Waals surface area (Å²) >= 11 is 0. The summed E-state index contributed by atoms with van der Waals surface area (Å²) in [4.78, 5) is 28.5. The number of carbonyl (C=O) groups excluding carboxylic acids is 1. The van der Waals surface area contributed by atoms with E-state index in [0.29, 0.717) is 0 Å². The molecule has 1 amide bonds. The lowest BCUT2D eigenvalue weighted by Gasteiger charge is -2.34. The Balaban J connectivity index is 1.21. The van der Waals surface area contributed by atoms with E-state index in [1.807, 2.05) is 6.20 Å². The van der Waals surface area contributed by atoms with E-state index in [-0.39, 0.29) is 11.8 Å². The number of nitrogens with one attached hydrogen (secondary N) is 1. The number of hydrogen-bond acceptors (Lipinski definition) is 7. The molecule has 3 saturated heterocycles. The molecule has 0 radical (unpaired) electrons. The Labute approximate surface area is 173 Å². The van der Waals surface area contributed by atoms with Crippen molar-refractivity contribution in [3.05, 3.63) is 12.5 Å².